The van der Waals surface area contributed by atoms with Crippen LogP contribution in [0.15, 0.2) is 18.2 Å². The molecule has 0 bridgehead atoms. The number of ether oxygens (including phenoxy) is 1. The zero-order chi connectivity index (χ0) is 19.9. The first-order chi connectivity index (χ1) is 11.7. The number of alkyl halides is 3. The minimum Gasteiger partial charge on any atom is -0.444 e. The minimum absolute atomic E-state index is 0.209. The summed E-state index contributed by atoms with van der Waals surface area (Å²) in [7, 11) is -5.72. The molecule has 1 aromatic rings. The number of carbonyl (C=O) groups is 1. The summed E-state index contributed by atoms with van der Waals surface area (Å²) in [5.41, 5.74) is -4.84. The average molecular weight is 395 g/mol. The second kappa shape index (κ2) is 6.64. The molecule has 1 atom stereocenters. The molecule has 1 aromatic carbocycles. The molecule has 1 heterocycles. The highest BCUT2D eigenvalue weighted by Crippen LogP contribution is 2.34. The van der Waals surface area contributed by atoms with Gasteiger partial charge in [-0.15, -0.1) is 0 Å². The molecule has 146 valence electrons. The van der Waals surface area contributed by atoms with Crippen LogP contribution >= 0.6 is 0 Å². The lowest BCUT2D eigenvalue weighted by molar-refractivity contribution is -0.0500. The van der Waals surface area contributed by atoms with Gasteiger partial charge in [-0.1, -0.05) is 13.0 Å². The fourth-order valence-electron chi connectivity index (χ4n) is 2.57. The Balaban J connectivity index is 2.22. The first-order valence-electron chi connectivity index (χ1n) is 7.81. The van der Waals surface area contributed by atoms with Crippen LogP contribution in [0.5, 0.6) is 5.75 Å². The topological polar surface area (TPSA) is 72.9 Å². The maximum absolute atomic E-state index is 12.4. The van der Waals surface area contributed by atoms with Gasteiger partial charge in [0.15, 0.2) is 0 Å². The molecule has 0 saturated heterocycles. The van der Waals surface area contributed by atoms with Crippen molar-refractivity contribution < 1.29 is 35.3 Å². The molecule has 0 fully saturated rings. The monoisotopic (exact) mass is 395 g/mol. The van der Waals surface area contributed by atoms with Crippen LogP contribution in [0.1, 0.15) is 44.7 Å². The van der Waals surface area contributed by atoms with Crippen LogP contribution in [0, 0.1) is 0 Å². The highest BCUT2D eigenvalue weighted by Gasteiger charge is 2.48. The van der Waals surface area contributed by atoms with Crippen LogP contribution in [0.4, 0.5) is 18.0 Å². The van der Waals surface area contributed by atoms with Gasteiger partial charge in [0.2, 0.25) is 0 Å². The van der Waals surface area contributed by atoms with Gasteiger partial charge >= 0.3 is 21.7 Å². The summed E-state index contributed by atoms with van der Waals surface area (Å²) in [6.07, 6.45) is -0.491. The number of benzene rings is 1. The molecule has 1 amide bonds. The van der Waals surface area contributed by atoms with Gasteiger partial charge in [0, 0.05) is 13.1 Å². The standard InChI is InChI=1S/C16H20F3NO5S/c1-10-8-20(14(21)24-15(2,3)4)9-11-5-6-12(7-13(10)11)25-26(22,23)16(17,18)19/h5-7,10H,8-9H2,1-4H3. The number of halogens is 3. The van der Waals surface area contributed by atoms with Crippen LogP contribution in [0.2, 0.25) is 0 Å². The molecule has 0 saturated carbocycles. The van der Waals surface area contributed by atoms with E-state index in [1.54, 1.807) is 27.7 Å². The van der Waals surface area contributed by atoms with E-state index in [1.165, 1.54) is 17.0 Å². The fraction of sp³-hybridized carbons (Fsp3) is 0.562. The van der Waals surface area contributed by atoms with Crippen LogP contribution in [0.3, 0.4) is 0 Å². The zero-order valence-electron chi connectivity index (χ0n) is 14.8. The Morgan fingerprint density at radius 2 is 1.85 bits per heavy atom. The van der Waals surface area contributed by atoms with E-state index >= 15 is 0 Å². The van der Waals surface area contributed by atoms with Crippen LogP contribution < -0.4 is 4.18 Å². The minimum atomic E-state index is -5.72. The van der Waals surface area contributed by atoms with E-state index in [1.807, 2.05) is 0 Å². The summed E-state index contributed by atoms with van der Waals surface area (Å²) in [6, 6.07) is 3.84. The maximum atomic E-state index is 12.4. The lowest BCUT2D eigenvalue weighted by Gasteiger charge is -2.34. The smallest absolute Gasteiger partial charge is 0.444 e. The van der Waals surface area contributed by atoms with Crippen molar-refractivity contribution in [1.29, 1.82) is 0 Å². The number of nitrogens with zero attached hydrogens (tertiary/aromatic N) is 1. The molecule has 1 aliphatic rings. The molecule has 0 aromatic heterocycles. The summed E-state index contributed by atoms with van der Waals surface area (Å²) in [5.74, 6) is -0.651. The molecule has 1 unspecified atom stereocenters. The largest absolute Gasteiger partial charge is 0.534 e. The van der Waals surface area contributed by atoms with Gasteiger partial charge in [-0.2, -0.15) is 21.6 Å². The molecular weight excluding hydrogens is 375 g/mol. The Morgan fingerprint density at radius 3 is 2.38 bits per heavy atom. The van der Waals surface area contributed by atoms with Crippen LogP contribution in [-0.2, 0) is 21.4 Å². The van der Waals surface area contributed by atoms with Gasteiger partial charge in [-0.3, -0.25) is 0 Å². The summed E-state index contributed by atoms with van der Waals surface area (Å²) < 4.78 is 69.1. The molecule has 10 heteroatoms. The van der Waals surface area contributed by atoms with E-state index in [-0.39, 0.29) is 19.0 Å². The normalized spacial score (nSPS) is 18.3. The van der Waals surface area contributed by atoms with Crippen LogP contribution in [-0.4, -0.2) is 37.1 Å². The molecular formula is C16H20F3NO5S. The van der Waals surface area contributed by atoms with Crippen molar-refractivity contribution in [3.8, 4) is 5.75 Å². The third-order valence-electron chi connectivity index (χ3n) is 3.64. The van der Waals surface area contributed by atoms with E-state index in [0.717, 1.165) is 6.07 Å². The number of hydrogen-bond donors (Lipinski definition) is 0. The van der Waals surface area contributed by atoms with Gasteiger partial charge < -0.3 is 13.8 Å². The Labute approximate surface area is 150 Å². The summed E-state index contributed by atoms with van der Waals surface area (Å²) in [6.45, 7) is 7.51. The van der Waals surface area contributed by atoms with Crippen molar-refractivity contribution in [1.82, 2.24) is 4.90 Å². The average Bonchev–Trinajstić information content (AvgIpc) is 2.44. The van der Waals surface area contributed by atoms with Gasteiger partial charge in [0.25, 0.3) is 0 Å². The van der Waals surface area contributed by atoms with Gasteiger partial charge in [-0.05, 0) is 49.9 Å². The van der Waals surface area contributed by atoms with Crippen molar-refractivity contribution in [2.24, 2.45) is 0 Å². The van der Waals surface area contributed by atoms with Crippen molar-refractivity contribution in [2.45, 2.75) is 51.3 Å². The van der Waals surface area contributed by atoms with Crippen molar-refractivity contribution in [3.05, 3.63) is 29.3 Å². The Hall–Kier alpha value is -1.97. The maximum Gasteiger partial charge on any atom is 0.534 e. The highest BCUT2D eigenvalue weighted by molar-refractivity contribution is 7.88. The summed E-state index contributed by atoms with van der Waals surface area (Å²) in [4.78, 5) is 13.7. The Morgan fingerprint density at radius 1 is 1.23 bits per heavy atom. The number of fused-ring (bicyclic) bond motifs is 1. The van der Waals surface area contributed by atoms with E-state index < -0.39 is 33.1 Å². The van der Waals surface area contributed by atoms with E-state index in [0.29, 0.717) is 11.1 Å². The zero-order valence-corrected chi connectivity index (χ0v) is 15.6. The molecule has 6 nitrogen and oxygen atoms in total. The lowest BCUT2D eigenvalue weighted by atomic mass is 9.91. The number of carbonyl (C=O) groups excluding carboxylic acids is 1. The predicted molar refractivity (Wildman–Crippen MR) is 87.1 cm³/mol. The van der Waals surface area contributed by atoms with Gasteiger partial charge in [-0.25, -0.2) is 4.79 Å². The third kappa shape index (κ3) is 4.60. The summed E-state index contributed by atoms with van der Waals surface area (Å²) in [5, 5.41) is 0. The fourth-order valence-corrected chi connectivity index (χ4v) is 3.02. The van der Waals surface area contributed by atoms with Crippen molar-refractivity contribution in [3.63, 3.8) is 0 Å². The molecule has 1 aliphatic heterocycles. The molecule has 0 N–H and O–H groups in total. The second-order valence-electron chi connectivity index (χ2n) is 7.11. The third-order valence-corrected chi connectivity index (χ3v) is 4.62. The Bertz CT molecular complexity index is 799. The van der Waals surface area contributed by atoms with Gasteiger partial charge in [0.1, 0.15) is 11.4 Å². The quantitative estimate of drug-likeness (QED) is 0.563. The van der Waals surface area contributed by atoms with Crippen molar-refractivity contribution in [2.75, 3.05) is 6.54 Å². The molecule has 26 heavy (non-hydrogen) atoms. The number of hydrogen-bond acceptors (Lipinski definition) is 5. The molecule has 0 aliphatic carbocycles. The highest BCUT2D eigenvalue weighted by atomic mass is 32.2. The van der Waals surface area contributed by atoms with Crippen LogP contribution in [0.25, 0.3) is 0 Å². The van der Waals surface area contributed by atoms with Gasteiger partial charge in [0.05, 0.1) is 0 Å². The predicted octanol–water partition coefficient (Wildman–Crippen LogP) is 3.77. The first kappa shape index (κ1) is 20.3. The lowest BCUT2D eigenvalue weighted by Crippen LogP contribution is -2.41. The SMILES string of the molecule is CC1CN(C(=O)OC(C)(C)C)Cc2ccc(OS(=O)(=O)C(F)(F)F)cc21. The van der Waals surface area contributed by atoms with E-state index in [2.05, 4.69) is 4.18 Å². The molecule has 0 radical (unpaired) electrons. The number of amides is 1. The first-order valence-corrected chi connectivity index (χ1v) is 9.22. The molecule has 2 rings (SSSR count). The molecule has 0 spiro atoms. The second-order valence-corrected chi connectivity index (χ2v) is 8.64. The van der Waals surface area contributed by atoms with Crippen molar-refractivity contribution >= 4 is 16.2 Å². The summed E-state index contributed by atoms with van der Waals surface area (Å²) >= 11 is 0. The Kier molecular flexibility index (Phi) is 5.19. The van der Waals surface area contributed by atoms with E-state index in [4.69, 9.17) is 4.74 Å². The van der Waals surface area contributed by atoms with E-state index in [9.17, 15) is 26.4 Å². The number of rotatable bonds is 2.